The van der Waals surface area contributed by atoms with Gasteiger partial charge in [0.25, 0.3) is 0 Å². The zero-order chi connectivity index (χ0) is 35.6. The minimum Gasteiger partial charge on any atom is -0.461 e. The van der Waals surface area contributed by atoms with Gasteiger partial charge in [-0.2, -0.15) is 0 Å². The number of fused-ring (bicyclic) bond motifs is 3. The molecule has 0 spiro atoms. The number of carbonyl (C=O) groups is 3. The van der Waals surface area contributed by atoms with Crippen LogP contribution in [0.5, 0.6) is 0 Å². The third-order valence-corrected chi connectivity index (χ3v) is 15.0. The van der Waals surface area contributed by atoms with Gasteiger partial charge in [-0.1, -0.05) is 90.4 Å². The van der Waals surface area contributed by atoms with Crippen molar-refractivity contribution in [2.75, 3.05) is 19.8 Å². The van der Waals surface area contributed by atoms with Crippen LogP contribution >= 0.6 is 0 Å². The second-order valence-electron chi connectivity index (χ2n) is 17.6. The molecule has 5 aliphatic rings. The Morgan fingerprint density at radius 2 is 1.67 bits per heavy atom. The van der Waals surface area contributed by atoms with Gasteiger partial charge in [-0.05, 0) is 84.0 Å². The van der Waals surface area contributed by atoms with E-state index < -0.39 is 23.6 Å². The van der Waals surface area contributed by atoms with E-state index in [0.29, 0.717) is 31.5 Å². The van der Waals surface area contributed by atoms with Crippen LogP contribution in [0.3, 0.4) is 0 Å². The number of nitrogens with two attached hydrogens (primary N) is 1. The molecule has 0 radical (unpaired) electrons. The third-order valence-electron chi connectivity index (χ3n) is 15.0. The highest BCUT2D eigenvalue weighted by Crippen LogP contribution is 2.75. The molecule has 4 fully saturated rings. The first-order valence-electron chi connectivity index (χ1n) is 18.6. The van der Waals surface area contributed by atoms with Crippen molar-refractivity contribution in [1.29, 1.82) is 0 Å². The van der Waals surface area contributed by atoms with Gasteiger partial charge in [0.05, 0.1) is 25.7 Å². The van der Waals surface area contributed by atoms with Crippen molar-refractivity contribution in [1.82, 2.24) is 0 Å². The molecule has 270 valence electrons. The Kier molecular flexibility index (Phi) is 9.43. The Balaban J connectivity index is 1.42. The average Bonchev–Trinajstić information content (AvgIpc) is 3.05. The molecule has 2 N–H and O–H groups in total. The molecule has 49 heavy (non-hydrogen) atoms. The van der Waals surface area contributed by atoms with Gasteiger partial charge in [0.2, 0.25) is 0 Å². The maximum atomic E-state index is 14.7. The van der Waals surface area contributed by atoms with E-state index in [-0.39, 0.29) is 64.5 Å². The Morgan fingerprint density at radius 1 is 0.959 bits per heavy atom. The maximum Gasteiger partial charge on any atom is 0.320 e. The van der Waals surface area contributed by atoms with Crippen molar-refractivity contribution >= 4 is 17.9 Å². The minimum atomic E-state index is -0.635. The fourth-order valence-electron chi connectivity index (χ4n) is 12.1. The molecule has 0 aromatic heterocycles. The number of benzene rings is 1. The molecule has 1 aromatic carbocycles. The zero-order valence-electron chi connectivity index (χ0n) is 31.0. The lowest BCUT2D eigenvalue weighted by Crippen LogP contribution is -2.70. The van der Waals surface area contributed by atoms with Crippen molar-refractivity contribution < 1.29 is 33.3 Å². The average molecular weight is 678 g/mol. The molecule has 1 saturated heterocycles. The summed E-state index contributed by atoms with van der Waals surface area (Å²) in [5.41, 5.74) is 6.45. The van der Waals surface area contributed by atoms with Crippen LogP contribution in [0.1, 0.15) is 99.5 Å². The zero-order valence-corrected chi connectivity index (χ0v) is 31.0. The van der Waals surface area contributed by atoms with Gasteiger partial charge in [0.15, 0.2) is 0 Å². The highest BCUT2D eigenvalue weighted by Gasteiger charge is 2.72. The van der Waals surface area contributed by atoms with Gasteiger partial charge >= 0.3 is 17.9 Å². The van der Waals surface area contributed by atoms with Gasteiger partial charge < -0.3 is 24.7 Å². The number of rotatable bonds is 8. The molecule has 6 rings (SSSR count). The Morgan fingerprint density at radius 3 is 2.33 bits per heavy atom. The lowest BCUT2D eigenvalue weighted by molar-refractivity contribution is -0.263. The van der Waals surface area contributed by atoms with Crippen LogP contribution in [0.25, 0.3) is 0 Å². The SMILES string of the molecule is CC(=O)O[C@@H]1C[C@]23COC[C@](C)([C@@H]2CC[C@H]2C3=CC[C@@]3(C)[C@H](C(=O)OCc4ccccc4)[C@@](C)([C@H](C)C(C)C)CC[C@]23C)[C@H]1OC(=O)CN. The summed E-state index contributed by atoms with van der Waals surface area (Å²) in [5, 5.41) is 0. The van der Waals surface area contributed by atoms with E-state index in [1.54, 1.807) is 0 Å². The van der Waals surface area contributed by atoms with Gasteiger partial charge in [-0.25, -0.2) is 0 Å². The predicted molar refractivity (Wildman–Crippen MR) is 187 cm³/mol. The first-order valence-corrected chi connectivity index (χ1v) is 18.6. The van der Waals surface area contributed by atoms with Crippen LogP contribution in [0.2, 0.25) is 0 Å². The van der Waals surface area contributed by atoms with E-state index in [9.17, 15) is 14.4 Å². The monoisotopic (exact) mass is 677 g/mol. The fraction of sp³-hybridized carbons (Fsp3) is 0.732. The molecule has 0 unspecified atom stereocenters. The topological polar surface area (TPSA) is 114 Å². The first-order chi connectivity index (χ1) is 23.1. The van der Waals surface area contributed by atoms with Crippen molar-refractivity contribution in [3.63, 3.8) is 0 Å². The predicted octanol–water partition coefficient (Wildman–Crippen LogP) is 7.04. The molecule has 8 nitrogen and oxygen atoms in total. The molecule has 0 amide bonds. The van der Waals surface area contributed by atoms with E-state index >= 15 is 0 Å². The summed E-state index contributed by atoms with van der Waals surface area (Å²) in [5.74, 6) is -0.0741. The van der Waals surface area contributed by atoms with Crippen LogP contribution in [0.15, 0.2) is 42.0 Å². The summed E-state index contributed by atoms with van der Waals surface area (Å²) in [6, 6.07) is 9.97. The standard InChI is InChI=1S/C41H59NO7/c1-25(2)26(3)37(5)18-19-39(7)29-14-15-32-38(6)23-46-24-41(32,20-31(48-27(4)43)35(38)49-33(44)21-42)30(29)16-17-40(39,8)34(37)36(45)47-22-28-12-10-9-11-13-28/h9-13,16,25-26,29,31-32,34-35H,14-15,17-24,42H2,1-8H3/t26-,29+,31-,32+,34-,35+,37-,38-,39-,40+,41-/m1/s1. The lowest BCUT2D eigenvalue weighted by Gasteiger charge is -2.71. The van der Waals surface area contributed by atoms with Crippen molar-refractivity contribution in [2.24, 2.45) is 62.4 Å². The Bertz CT molecular complexity index is 1470. The quantitative estimate of drug-likeness (QED) is 0.177. The molecule has 11 atom stereocenters. The smallest absolute Gasteiger partial charge is 0.320 e. The number of hydrogen-bond acceptors (Lipinski definition) is 8. The molecule has 1 aliphatic heterocycles. The van der Waals surface area contributed by atoms with E-state index in [1.165, 1.54) is 12.5 Å². The number of carbonyl (C=O) groups excluding carboxylic acids is 3. The highest BCUT2D eigenvalue weighted by molar-refractivity contribution is 5.75. The van der Waals surface area contributed by atoms with E-state index in [4.69, 9.17) is 24.7 Å². The number of esters is 3. The Hall–Kier alpha value is -2.71. The molecular weight excluding hydrogens is 618 g/mol. The second kappa shape index (κ2) is 12.8. The van der Waals surface area contributed by atoms with Crippen molar-refractivity contribution in [3.8, 4) is 0 Å². The molecular formula is C41H59NO7. The maximum absolute atomic E-state index is 14.7. The first kappa shape index (κ1) is 36.1. The summed E-state index contributed by atoms with van der Waals surface area (Å²) in [6.45, 7) is 18.6. The van der Waals surface area contributed by atoms with Crippen LogP contribution in [-0.2, 0) is 39.9 Å². The molecule has 2 bridgehead atoms. The van der Waals surface area contributed by atoms with Gasteiger partial charge in [0.1, 0.15) is 18.8 Å². The molecule has 4 aliphatic carbocycles. The Labute approximate surface area is 293 Å². The van der Waals surface area contributed by atoms with Crippen LogP contribution in [-0.4, -0.2) is 49.9 Å². The minimum absolute atomic E-state index is 0.0818. The number of hydrogen-bond donors (Lipinski definition) is 1. The molecule has 3 saturated carbocycles. The van der Waals surface area contributed by atoms with E-state index in [0.717, 1.165) is 37.7 Å². The summed E-state index contributed by atoms with van der Waals surface area (Å²) in [4.78, 5) is 39.8. The van der Waals surface area contributed by atoms with E-state index in [2.05, 4.69) is 54.5 Å². The number of ether oxygens (including phenoxy) is 4. The molecule has 1 aromatic rings. The normalized spacial score (nSPS) is 41.7. The summed E-state index contributed by atoms with van der Waals surface area (Å²) in [7, 11) is 0. The fourth-order valence-corrected chi connectivity index (χ4v) is 12.1. The largest absolute Gasteiger partial charge is 0.461 e. The van der Waals surface area contributed by atoms with Gasteiger partial charge in [-0.3, -0.25) is 14.4 Å². The van der Waals surface area contributed by atoms with Crippen molar-refractivity contribution in [3.05, 3.63) is 47.5 Å². The second-order valence-corrected chi connectivity index (χ2v) is 17.6. The third kappa shape index (κ3) is 5.49. The lowest BCUT2D eigenvalue weighted by atomic mass is 9.34. The molecule has 8 heteroatoms. The van der Waals surface area contributed by atoms with Gasteiger partial charge in [0, 0.05) is 17.8 Å². The van der Waals surface area contributed by atoms with Gasteiger partial charge in [-0.15, -0.1) is 0 Å². The van der Waals surface area contributed by atoms with E-state index in [1.807, 2.05) is 30.3 Å². The van der Waals surface area contributed by atoms with Crippen LogP contribution in [0, 0.1) is 56.7 Å². The number of allylic oxidation sites excluding steroid dienone is 1. The summed E-state index contributed by atoms with van der Waals surface area (Å²) >= 11 is 0. The summed E-state index contributed by atoms with van der Waals surface area (Å²) < 4.78 is 24.8. The van der Waals surface area contributed by atoms with Crippen LogP contribution in [0.4, 0.5) is 0 Å². The van der Waals surface area contributed by atoms with Crippen molar-refractivity contribution in [2.45, 2.75) is 113 Å². The highest BCUT2D eigenvalue weighted by atomic mass is 16.6. The molecule has 1 heterocycles. The van der Waals surface area contributed by atoms with Crippen LogP contribution < -0.4 is 5.73 Å². The summed E-state index contributed by atoms with van der Waals surface area (Å²) in [6.07, 6.45) is 6.41.